The molecule has 2 aromatic carbocycles. The van der Waals surface area contributed by atoms with Gasteiger partial charge in [-0.05, 0) is 61.0 Å². The van der Waals surface area contributed by atoms with Crippen molar-refractivity contribution in [1.29, 1.82) is 0 Å². The Morgan fingerprint density at radius 2 is 1.74 bits per heavy atom. The number of rotatable bonds is 12. The number of azide groups is 1. The van der Waals surface area contributed by atoms with Gasteiger partial charge in [-0.3, -0.25) is 9.59 Å². The monoisotopic (exact) mass is 559 g/mol. The minimum Gasteiger partial charge on any atom is -0.467 e. The average Bonchev–Trinajstić information content (AvgIpc) is 3.39. The Kier molecular flexibility index (Phi) is 10.8. The van der Waals surface area contributed by atoms with E-state index in [0.29, 0.717) is 25.1 Å². The summed E-state index contributed by atoms with van der Waals surface area (Å²) in [7, 11) is 1.29. The SMILES string of the molecule is COC(=O)[C@H](Cc1ccc(NC(=O)c2c(Cl)cccc2Cl)cc1)NC(=O)C1(CCCCN=[N+]=[N-])CCCC1. The maximum Gasteiger partial charge on any atom is 0.328 e. The molecule has 3 rings (SSSR count). The van der Waals surface area contributed by atoms with Crippen molar-refractivity contribution in [2.24, 2.45) is 10.5 Å². The molecule has 1 fully saturated rings. The Hall–Kier alpha value is -3.26. The number of amides is 2. The molecule has 1 saturated carbocycles. The van der Waals surface area contributed by atoms with Crippen LogP contribution in [-0.4, -0.2) is 37.5 Å². The number of halogens is 2. The van der Waals surface area contributed by atoms with Crippen LogP contribution in [0.4, 0.5) is 5.69 Å². The molecule has 1 aliphatic carbocycles. The van der Waals surface area contributed by atoms with Gasteiger partial charge in [-0.1, -0.05) is 65.8 Å². The summed E-state index contributed by atoms with van der Waals surface area (Å²) >= 11 is 12.2. The van der Waals surface area contributed by atoms with Gasteiger partial charge in [-0.15, -0.1) is 0 Å². The number of nitrogens with zero attached hydrogens (tertiary/aromatic N) is 3. The van der Waals surface area contributed by atoms with Crippen molar-refractivity contribution in [3.05, 3.63) is 74.1 Å². The van der Waals surface area contributed by atoms with Crippen molar-refractivity contribution >= 4 is 46.7 Å². The van der Waals surface area contributed by atoms with Crippen molar-refractivity contribution in [1.82, 2.24) is 5.32 Å². The van der Waals surface area contributed by atoms with Crippen molar-refractivity contribution in [2.75, 3.05) is 19.0 Å². The zero-order valence-corrected chi connectivity index (χ0v) is 22.7. The van der Waals surface area contributed by atoms with Crippen molar-refractivity contribution in [2.45, 2.75) is 57.4 Å². The van der Waals surface area contributed by atoms with Crippen molar-refractivity contribution in [3.63, 3.8) is 0 Å². The zero-order valence-electron chi connectivity index (χ0n) is 21.2. The first-order valence-corrected chi connectivity index (χ1v) is 13.3. The zero-order chi connectivity index (χ0) is 27.5. The second-order valence-corrected chi connectivity index (χ2v) is 10.2. The number of esters is 1. The van der Waals surface area contributed by atoms with Crippen LogP contribution in [-0.2, 0) is 20.7 Å². The molecule has 0 heterocycles. The highest BCUT2D eigenvalue weighted by molar-refractivity contribution is 6.40. The third-order valence-electron chi connectivity index (χ3n) is 6.90. The van der Waals surface area contributed by atoms with E-state index in [1.165, 1.54) is 7.11 Å². The first kappa shape index (κ1) is 29.3. The van der Waals surface area contributed by atoms with E-state index in [2.05, 4.69) is 20.7 Å². The lowest BCUT2D eigenvalue weighted by atomic mass is 9.79. The smallest absolute Gasteiger partial charge is 0.328 e. The molecule has 0 radical (unpaired) electrons. The summed E-state index contributed by atoms with van der Waals surface area (Å²) in [4.78, 5) is 41.4. The highest BCUT2D eigenvalue weighted by Gasteiger charge is 2.41. The molecule has 9 nitrogen and oxygen atoms in total. The Labute approximate surface area is 231 Å². The number of anilines is 1. The lowest BCUT2D eigenvalue weighted by Crippen LogP contribution is -2.49. The fourth-order valence-corrected chi connectivity index (χ4v) is 5.42. The number of carbonyl (C=O) groups excluding carboxylic acids is 3. The van der Waals surface area contributed by atoms with Gasteiger partial charge in [0.15, 0.2) is 0 Å². The molecule has 1 aliphatic rings. The number of methoxy groups -OCH3 is 1. The van der Waals surface area contributed by atoms with E-state index in [-0.39, 0.29) is 27.9 Å². The molecular weight excluding hydrogens is 529 g/mol. The number of ether oxygens (including phenoxy) is 1. The van der Waals surface area contributed by atoms with E-state index in [0.717, 1.165) is 37.7 Å². The molecule has 0 unspecified atom stereocenters. The van der Waals surface area contributed by atoms with Crippen LogP contribution in [0.5, 0.6) is 0 Å². The summed E-state index contributed by atoms with van der Waals surface area (Å²) in [6.07, 6.45) is 5.83. The van der Waals surface area contributed by atoms with Crippen LogP contribution in [0.3, 0.4) is 0 Å². The molecule has 0 bridgehead atoms. The Morgan fingerprint density at radius 1 is 1.08 bits per heavy atom. The Balaban J connectivity index is 1.66. The number of carbonyl (C=O) groups is 3. The fourth-order valence-electron chi connectivity index (χ4n) is 4.85. The first-order chi connectivity index (χ1) is 18.3. The number of benzene rings is 2. The van der Waals surface area contributed by atoms with Crippen molar-refractivity contribution in [3.8, 4) is 0 Å². The highest BCUT2D eigenvalue weighted by atomic mass is 35.5. The molecule has 202 valence electrons. The van der Waals surface area contributed by atoms with Gasteiger partial charge in [0.2, 0.25) is 5.91 Å². The normalized spacial score (nSPS) is 14.7. The van der Waals surface area contributed by atoms with E-state index in [1.807, 2.05) is 0 Å². The van der Waals surface area contributed by atoms with Crippen LogP contribution in [0.25, 0.3) is 10.4 Å². The molecule has 0 saturated heterocycles. The topological polar surface area (TPSA) is 133 Å². The summed E-state index contributed by atoms with van der Waals surface area (Å²) in [5.74, 6) is -1.11. The first-order valence-electron chi connectivity index (χ1n) is 12.5. The van der Waals surface area contributed by atoms with E-state index in [9.17, 15) is 14.4 Å². The van der Waals surface area contributed by atoms with Crippen LogP contribution < -0.4 is 10.6 Å². The third kappa shape index (κ3) is 7.63. The number of hydrogen-bond acceptors (Lipinski definition) is 5. The highest BCUT2D eigenvalue weighted by Crippen LogP contribution is 2.42. The summed E-state index contributed by atoms with van der Waals surface area (Å²) in [6.45, 7) is 0.404. The molecule has 0 aliphatic heterocycles. The molecule has 38 heavy (non-hydrogen) atoms. The fraction of sp³-hybridized carbons (Fsp3) is 0.444. The molecule has 0 spiro atoms. The Morgan fingerprint density at radius 3 is 2.34 bits per heavy atom. The summed E-state index contributed by atoms with van der Waals surface area (Å²) in [6, 6.07) is 10.9. The van der Waals surface area contributed by atoms with E-state index < -0.39 is 23.3 Å². The Bertz CT molecular complexity index is 1170. The summed E-state index contributed by atoms with van der Waals surface area (Å²) in [5, 5.41) is 9.76. The van der Waals surface area contributed by atoms with Gasteiger partial charge in [0.25, 0.3) is 5.91 Å². The van der Waals surface area contributed by atoms with Gasteiger partial charge in [0.05, 0.1) is 22.7 Å². The van der Waals surface area contributed by atoms with Gasteiger partial charge in [0.1, 0.15) is 6.04 Å². The van der Waals surface area contributed by atoms with Gasteiger partial charge in [-0.2, -0.15) is 0 Å². The lowest BCUT2D eigenvalue weighted by Gasteiger charge is -2.30. The maximum atomic E-state index is 13.4. The van der Waals surface area contributed by atoms with E-state index in [4.69, 9.17) is 33.5 Å². The molecule has 11 heteroatoms. The number of unbranched alkanes of at least 4 members (excludes halogenated alkanes) is 1. The minimum absolute atomic E-state index is 0.144. The van der Waals surface area contributed by atoms with E-state index >= 15 is 0 Å². The summed E-state index contributed by atoms with van der Waals surface area (Å²) < 4.78 is 4.97. The third-order valence-corrected chi connectivity index (χ3v) is 7.53. The molecule has 2 aromatic rings. The van der Waals surface area contributed by atoms with Crippen LogP contribution in [0.15, 0.2) is 47.6 Å². The molecule has 0 aromatic heterocycles. The number of nitrogens with one attached hydrogen (secondary N) is 2. The van der Waals surface area contributed by atoms with Gasteiger partial charge in [0, 0.05) is 29.0 Å². The minimum atomic E-state index is -0.851. The van der Waals surface area contributed by atoms with Crippen LogP contribution >= 0.6 is 23.2 Å². The maximum absolute atomic E-state index is 13.4. The van der Waals surface area contributed by atoms with Crippen LogP contribution in [0, 0.1) is 5.41 Å². The van der Waals surface area contributed by atoms with Gasteiger partial charge < -0.3 is 15.4 Å². The van der Waals surface area contributed by atoms with E-state index in [1.54, 1.807) is 42.5 Å². The molecule has 2 N–H and O–H groups in total. The quantitative estimate of drug-likeness (QED) is 0.101. The second kappa shape index (κ2) is 14.0. The van der Waals surface area contributed by atoms with Crippen LogP contribution in [0.2, 0.25) is 10.0 Å². The second-order valence-electron chi connectivity index (χ2n) is 9.40. The van der Waals surface area contributed by atoms with Gasteiger partial charge >= 0.3 is 5.97 Å². The lowest BCUT2D eigenvalue weighted by molar-refractivity contribution is -0.146. The average molecular weight is 560 g/mol. The van der Waals surface area contributed by atoms with Crippen molar-refractivity contribution < 1.29 is 19.1 Å². The largest absolute Gasteiger partial charge is 0.467 e. The van der Waals surface area contributed by atoms with Gasteiger partial charge in [-0.25, -0.2) is 4.79 Å². The van der Waals surface area contributed by atoms with Crippen LogP contribution in [0.1, 0.15) is 60.9 Å². The standard InChI is InChI=1S/C27H31Cl2N5O4/c1-38-25(36)22(33-26(37)27(13-2-3-14-27)15-4-5-16-31-34-30)17-18-9-11-19(12-10-18)32-24(35)23-20(28)7-6-8-21(23)29/h6-12,22H,2-5,13-17H2,1H3,(H,32,35)(H,33,37)/t22-/m0/s1. The molecule has 2 amide bonds. The molecular formula is C27H31Cl2N5O4. The predicted octanol–water partition coefficient (Wildman–Crippen LogP) is 6.49. The summed E-state index contributed by atoms with van der Waals surface area (Å²) in [5.41, 5.74) is 9.42. The molecule has 1 atom stereocenters. The predicted molar refractivity (Wildman–Crippen MR) is 147 cm³/mol. The number of hydrogen-bond donors (Lipinski definition) is 2.